The van der Waals surface area contributed by atoms with Gasteiger partial charge in [-0.05, 0) is 43.2 Å². The highest BCUT2D eigenvalue weighted by molar-refractivity contribution is 5.99. The van der Waals surface area contributed by atoms with Crippen LogP contribution in [0, 0.1) is 0 Å². The molecule has 1 N–H and O–H groups in total. The first-order valence-corrected chi connectivity index (χ1v) is 10.5. The zero-order valence-electron chi connectivity index (χ0n) is 18.2. The van der Waals surface area contributed by atoms with Gasteiger partial charge in [-0.1, -0.05) is 12.1 Å². The molecule has 0 bridgehead atoms. The van der Waals surface area contributed by atoms with E-state index in [-0.39, 0.29) is 5.78 Å². The van der Waals surface area contributed by atoms with Crippen LogP contribution < -0.4 is 19.5 Å². The number of anilines is 1. The molecule has 2 aliphatic rings. The Hall–Kier alpha value is -3.81. The zero-order valence-corrected chi connectivity index (χ0v) is 18.2. The fraction of sp³-hybridized carbons (Fsp3) is 0.292. The number of carbonyl (C=O) groups is 1. The molecule has 0 radical (unpaired) electrons. The van der Waals surface area contributed by atoms with Gasteiger partial charge >= 0.3 is 0 Å². The number of methoxy groups -OCH3 is 3. The molecule has 2 aromatic carbocycles. The van der Waals surface area contributed by atoms with Crippen molar-refractivity contribution in [2.24, 2.45) is 0 Å². The van der Waals surface area contributed by atoms with Gasteiger partial charge in [-0.15, -0.1) is 5.10 Å². The standard InChI is InChI=1S/C24H24N4O4/c1-30-15-7-4-6-14(12-15)23-26-24-25-18-8-5-9-19(29)21(18)22(28(24)27-23)17-13-16(31-2)10-11-20(17)32-3/h4,6-7,10-13,22H,5,8-9H2,1-3H3,(H,25,26,27). The van der Waals surface area contributed by atoms with E-state index >= 15 is 0 Å². The molecule has 1 atom stereocenters. The lowest BCUT2D eigenvalue weighted by molar-refractivity contribution is -0.116. The molecule has 32 heavy (non-hydrogen) atoms. The number of hydrogen-bond acceptors (Lipinski definition) is 7. The van der Waals surface area contributed by atoms with Gasteiger partial charge in [0.15, 0.2) is 11.6 Å². The molecule has 5 rings (SSSR count). The van der Waals surface area contributed by atoms with Crippen LogP contribution in [0.25, 0.3) is 11.4 Å². The summed E-state index contributed by atoms with van der Waals surface area (Å²) in [5.41, 5.74) is 3.23. The predicted molar refractivity (Wildman–Crippen MR) is 119 cm³/mol. The molecule has 1 aromatic heterocycles. The number of fused-ring (bicyclic) bond motifs is 1. The van der Waals surface area contributed by atoms with E-state index in [0.29, 0.717) is 35.3 Å². The summed E-state index contributed by atoms with van der Waals surface area (Å²) in [5.74, 6) is 3.31. The number of nitrogens with one attached hydrogen (secondary N) is 1. The third-order valence-electron chi connectivity index (χ3n) is 5.93. The second-order valence-electron chi connectivity index (χ2n) is 7.74. The number of carbonyl (C=O) groups excluding carboxylic acids is 1. The largest absolute Gasteiger partial charge is 0.497 e. The van der Waals surface area contributed by atoms with Gasteiger partial charge in [0.05, 0.1) is 21.3 Å². The number of nitrogens with zero attached hydrogens (tertiary/aromatic N) is 3. The number of benzene rings is 2. The van der Waals surface area contributed by atoms with E-state index in [1.54, 1.807) is 26.0 Å². The number of hydrogen-bond donors (Lipinski definition) is 1. The van der Waals surface area contributed by atoms with Gasteiger partial charge in [0.1, 0.15) is 23.3 Å². The van der Waals surface area contributed by atoms with Crippen molar-refractivity contribution in [3.63, 3.8) is 0 Å². The molecule has 8 nitrogen and oxygen atoms in total. The van der Waals surface area contributed by atoms with Gasteiger partial charge in [0.2, 0.25) is 5.95 Å². The molecule has 3 aromatic rings. The molecule has 8 heteroatoms. The highest BCUT2D eigenvalue weighted by atomic mass is 16.5. The average molecular weight is 432 g/mol. The molecule has 2 heterocycles. The molecule has 1 aliphatic carbocycles. The lowest BCUT2D eigenvalue weighted by atomic mass is 9.85. The molecule has 0 amide bonds. The number of Topliss-reactive ketones (excluding diaryl/α,β-unsaturated/α-hetero) is 1. The molecule has 164 valence electrons. The van der Waals surface area contributed by atoms with Crippen molar-refractivity contribution in [1.82, 2.24) is 14.8 Å². The Morgan fingerprint density at radius 3 is 2.59 bits per heavy atom. The Balaban J connectivity index is 1.71. The Kier molecular flexibility index (Phi) is 5.05. The second kappa shape index (κ2) is 8.03. The van der Waals surface area contributed by atoms with E-state index in [0.717, 1.165) is 35.4 Å². The molecule has 1 unspecified atom stereocenters. The summed E-state index contributed by atoms with van der Waals surface area (Å²) in [6.45, 7) is 0. The van der Waals surface area contributed by atoms with Crippen LogP contribution in [0.15, 0.2) is 53.7 Å². The Morgan fingerprint density at radius 2 is 1.81 bits per heavy atom. The van der Waals surface area contributed by atoms with Crippen LogP contribution in [-0.4, -0.2) is 41.9 Å². The van der Waals surface area contributed by atoms with Crippen LogP contribution >= 0.6 is 0 Å². The second-order valence-corrected chi connectivity index (χ2v) is 7.74. The normalized spacial score (nSPS) is 17.3. The summed E-state index contributed by atoms with van der Waals surface area (Å²) in [6.07, 6.45) is 2.10. The highest BCUT2D eigenvalue weighted by Gasteiger charge is 2.38. The average Bonchev–Trinajstić information content (AvgIpc) is 3.26. The molecular weight excluding hydrogens is 408 g/mol. The maximum absolute atomic E-state index is 13.1. The third-order valence-corrected chi connectivity index (χ3v) is 5.93. The van der Waals surface area contributed by atoms with E-state index in [1.165, 1.54) is 0 Å². The van der Waals surface area contributed by atoms with Crippen molar-refractivity contribution in [3.05, 3.63) is 59.3 Å². The van der Waals surface area contributed by atoms with Gasteiger partial charge in [0, 0.05) is 28.8 Å². The Labute approximate surface area is 185 Å². The zero-order chi connectivity index (χ0) is 22.2. The molecule has 0 saturated carbocycles. The molecule has 1 aliphatic heterocycles. The minimum absolute atomic E-state index is 0.109. The SMILES string of the molecule is COc1cccc(-c2nc3n(n2)C(c2cc(OC)ccc2OC)C2=C(CCCC2=O)N3)c1. The Morgan fingerprint density at radius 1 is 1.00 bits per heavy atom. The van der Waals surface area contributed by atoms with Crippen molar-refractivity contribution < 1.29 is 19.0 Å². The maximum Gasteiger partial charge on any atom is 0.226 e. The summed E-state index contributed by atoms with van der Waals surface area (Å²) in [6, 6.07) is 12.7. The van der Waals surface area contributed by atoms with Gasteiger partial charge in [0.25, 0.3) is 0 Å². The van der Waals surface area contributed by atoms with Crippen molar-refractivity contribution in [2.45, 2.75) is 25.3 Å². The van der Waals surface area contributed by atoms with Crippen molar-refractivity contribution in [3.8, 4) is 28.6 Å². The number of rotatable bonds is 5. The van der Waals surface area contributed by atoms with Crippen LogP contribution in [0.1, 0.15) is 30.9 Å². The summed E-state index contributed by atoms with van der Waals surface area (Å²) in [7, 11) is 4.86. The fourth-order valence-electron chi connectivity index (χ4n) is 4.38. The quantitative estimate of drug-likeness (QED) is 0.652. The van der Waals surface area contributed by atoms with E-state index in [4.69, 9.17) is 24.3 Å². The summed E-state index contributed by atoms with van der Waals surface area (Å²) < 4.78 is 18.3. The van der Waals surface area contributed by atoms with E-state index in [1.807, 2.05) is 42.5 Å². The van der Waals surface area contributed by atoms with Crippen LogP contribution in [0.2, 0.25) is 0 Å². The van der Waals surface area contributed by atoms with Crippen molar-refractivity contribution in [2.75, 3.05) is 26.6 Å². The van der Waals surface area contributed by atoms with E-state index in [9.17, 15) is 4.79 Å². The van der Waals surface area contributed by atoms with Crippen LogP contribution in [-0.2, 0) is 4.79 Å². The maximum atomic E-state index is 13.1. The minimum atomic E-state index is -0.467. The van der Waals surface area contributed by atoms with E-state index < -0.39 is 6.04 Å². The lowest BCUT2D eigenvalue weighted by Gasteiger charge is -2.32. The monoisotopic (exact) mass is 432 g/mol. The summed E-state index contributed by atoms with van der Waals surface area (Å²) >= 11 is 0. The minimum Gasteiger partial charge on any atom is -0.497 e. The lowest BCUT2D eigenvalue weighted by Crippen LogP contribution is -2.31. The molecule has 0 spiro atoms. The van der Waals surface area contributed by atoms with Crippen LogP contribution in [0.4, 0.5) is 5.95 Å². The topological polar surface area (TPSA) is 87.5 Å². The smallest absolute Gasteiger partial charge is 0.226 e. The predicted octanol–water partition coefficient (Wildman–Crippen LogP) is 3.99. The van der Waals surface area contributed by atoms with Gasteiger partial charge in [-0.2, -0.15) is 4.98 Å². The van der Waals surface area contributed by atoms with Gasteiger partial charge in [-0.3, -0.25) is 4.79 Å². The van der Waals surface area contributed by atoms with Crippen LogP contribution in [0.3, 0.4) is 0 Å². The number of allylic oxidation sites excluding steroid dienone is 2. The van der Waals surface area contributed by atoms with Crippen molar-refractivity contribution >= 4 is 11.7 Å². The molecule has 0 fully saturated rings. The highest BCUT2D eigenvalue weighted by Crippen LogP contribution is 2.44. The molecular formula is C24H24N4O4. The number of aromatic nitrogens is 3. The molecule has 0 saturated heterocycles. The first-order chi connectivity index (χ1) is 15.6. The first kappa shape index (κ1) is 20.1. The third kappa shape index (κ3) is 3.28. The number of ketones is 1. The summed E-state index contributed by atoms with van der Waals surface area (Å²) in [5, 5.41) is 8.17. The fourth-order valence-corrected chi connectivity index (χ4v) is 4.38. The van der Waals surface area contributed by atoms with Crippen molar-refractivity contribution in [1.29, 1.82) is 0 Å². The van der Waals surface area contributed by atoms with Gasteiger partial charge in [-0.25, -0.2) is 4.68 Å². The van der Waals surface area contributed by atoms with Crippen LogP contribution in [0.5, 0.6) is 17.2 Å². The number of ether oxygens (including phenoxy) is 3. The Bertz CT molecular complexity index is 1230. The van der Waals surface area contributed by atoms with Gasteiger partial charge < -0.3 is 19.5 Å². The van der Waals surface area contributed by atoms with E-state index in [2.05, 4.69) is 5.32 Å². The first-order valence-electron chi connectivity index (χ1n) is 10.5. The summed E-state index contributed by atoms with van der Waals surface area (Å²) in [4.78, 5) is 17.8.